The van der Waals surface area contributed by atoms with E-state index in [1.165, 1.54) is 12.1 Å². The molecule has 18 heavy (non-hydrogen) atoms. The lowest BCUT2D eigenvalue weighted by Gasteiger charge is -2.05. The molecule has 0 radical (unpaired) electrons. The third kappa shape index (κ3) is 2.27. The van der Waals surface area contributed by atoms with E-state index in [-0.39, 0.29) is 5.95 Å². The van der Waals surface area contributed by atoms with Gasteiger partial charge in [0.15, 0.2) is 4.90 Å². The van der Waals surface area contributed by atoms with Crippen molar-refractivity contribution >= 4 is 21.7 Å². The number of nitro benzene ring substituents is 1. The van der Waals surface area contributed by atoms with E-state index < -0.39 is 25.5 Å². The van der Waals surface area contributed by atoms with Crippen molar-refractivity contribution in [3.8, 4) is 0 Å². The first-order valence-electron chi connectivity index (χ1n) is 4.62. The average molecular weight is 269 g/mol. The summed E-state index contributed by atoms with van der Waals surface area (Å²) in [6, 6.07) is 5.01. The van der Waals surface area contributed by atoms with Crippen LogP contribution in [0, 0.1) is 10.1 Å². The largest absolute Gasteiger partial charge is 0.289 e. The van der Waals surface area contributed by atoms with Gasteiger partial charge in [0.25, 0.3) is 15.7 Å². The molecule has 9 nitrogen and oxygen atoms in total. The molecule has 0 aliphatic carbocycles. The maximum Gasteiger partial charge on any atom is 0.289 e. The second-order valence-electron chi connectivity index (χ2n) is 3.16. The summed E-state index contributed by atoms with van der Waals surface area (Å²) in [5.41, 5.74) is -0.510. The van der Waals surface area contributed by atoms with Crippen LogP contribution in [0.5, 0.6) is 0 Å². The Morgan fingerprint density at radius 2 is 2.06 bits per heavy atom. The fraction of sp³-hybridized carbons (Fsp3) is 0. The summed E-state index contributed by atoms with van der Waals surface area (Å²) < 4.78 is 25.9. The summed E-state index contributed by atoms with van der Waals surface area (Å²) in [5.74, 6) is -0.117. The third-order valence-corrected chi connectivity index (χ3v) is 3.38. The molecule has 0 fully saturated rings. The number of hydrogen-bond acceptors (Lipinski definition) is 6. The minimum absolute atomic E-state index is 0.117. The molecule has 0 amide bonds. The van der Waals surface area contributed by atoms with Crippen LogP contribution >= 0.6 is 0 Å². The minimum Gasteiger partial charge on any atom is -0.258 e. The van der Waals surface area contributed by atoms with Gasteiger partial charge in [-0.15, -0.1) is 0 Å². The van der Waals surface area contributed by atoms with Crippen molar-refractivity contribution in [2.45, 2.75) is 4.90 Å². The van der Waals surface area contributed by atoms with E-state index in [0.29, 0.717) is 0 Å². The molecular formula is C8H7N5O4S. The van der Waals surface area contributed by atoms with E-state index in [1.54, 1.807) is 0 Å². The molecule has 2 aromatic rings. The average Bonchev–Trinajstić information content (AvgIpc) is 2.81. The number of aromatic nitrogens is 3. The van der Waals surface area contributed by atoms with Crippen molar-refractivity contribution < 1.29 is 13.3 Å². The Morgan fingerprint density at radius 3 is 2.67 bits per heavy atom. The van der Waals surface area contributed by atoms with Crippen molar-refractivity contribution in [1.82, 2.24) is 15.2 Å². The predicted octanol–water partition coefficient (Wildman–Crippen LogP) is 0.514. The highest BCUT2D eigenvalue weighted by atomic mass is 32.2. The number of aromatic amines is 1. The Bertz CT molecular complexity index is 667. The quantitative estimate of drug-likeness (QED) is 0.614. The lowest BCUT2D eigenvalue weighted by molar-refractivity contribution is -0.387. The summed E-state index contributed by atoms with van der Waals surface area (Å²) in [6.45, 7) is 0. The lowest BCUT2D eigenvalue weighted by Crippen LogP contribution is -2.15. The zero-order valence-electron chi connectivity index (χ0n) is 8.77. The second kappa shape index (κ2) is 4.41. The number of anilines is 1. The molecule has 0 saturated carbocycles. The second-order valence-corrected chi connectivity index (χ2v) is 4.82. The van der Waals surface area contributed by atoms with Gasteiger partial charge in [0.2, 0.25) is 5.95 Å². The first-order valence-corrected chi connectivity index (χ1v) is 6.10. The van der Waals surface area contributed by atoms with E-state index in [2.05, 4.69) is 15.2 Å². The standard InChI is InChI=1S/C8H7N5O4S/c14-13(15)6-3-1-2-4-7(6)18(16,17)12-8-9-5-10-11-8/h1-5H,(H2,9,10,11,12). The number of para-hydroxylation sites is 1. The normalized spacial score (nSPS) is 11.1. The third-order valence-electron chi connectivity index (χ3n) is 2.00. The number of H-pyrrole nitrogens is 1. The zero-order valence-corrected chi connectivity index (χ0v) is 9.59. The number of benzene rings is 1. The van der Waals surface area contributed by atoms with Crippen molar-refractivity contribution in [3.05, 3.63) is 40.7 Å². The molecule has 0 spiro atoms. The molecule has 1 aromatic heterocycles. The van der Waals surface area contributed by atoms with Crippen molar-refractivity contribution in [1.29, 1.82) is 0 Å². The zero-order chi connectivity index (χ0) is 13.2. The molecule has 0 saturated heterocycles. The monoisotopic (exact) mass is 269 g/mol. The van der Waals surface area contributed by atoms with Crippen molar-refractivity contribution in [2.75, 3.05) is 4.72 Å². The van der Waals surface area contributed by atoms with Gasteiger partial charge in [-0.2, -0.15) is 10.1 Å². The summed E-state index contributed by atoms with van der Waals surface area (Å²) >= 11 is 0. The molecule has 0 unspecified atom stereocenters. The van der Waals surface area contributed by atoms with Crippen LogP contribution in [-0.2, 0) is 10.0 Å². The van der Waals surface area contributed by atoms with Gasteiger partial charge >= 0.3 is 0 Å². The summed E-state index contributed by atoms with van der Waals surface area (Å²) in [4.78, 5) is 13.1. The van der Waals surface area contributed by atoms with E-state index in [1.807, 2.05) is 4.72 Å². The fourth-order valence-electron chi connectivity index (χ4n) is 1.27. The van der Waals surface area contributed by atoms with Crippen molar-refractivity contribution in [2.24, 2.45) is 0 Å². The summed E-state index contributed by atoms with van der Waals surface area (Å²) in [5, 5.41) is 16.5. The van der Waals surface area contributed by atoms with Crippen LogP contribution in [0.2, 0.25) is 0 Å². The Kier molecular flexibility index (Phi) is 2.93. The predicted molar refractivity (Wildman–Crippen MR) is 60.3 cm³/mol. The number of nitrogens with one attached hydrogen (secondary N) is 2. The molecule has 1 heterocycles. The molecule has 0 aliphatic heterocycles. The van der Waals surface area contributed by atoms with Gasteiger partial charge in [0.05, 0.1) is 4.92 Å². The fourth-order valence-corrected chi connectivity index (χ4v) is 2.41. The van der Waals surface area contributed by atoms with Crippen LogP contribution in [-0.4, -0.2) is 28.5 Å². The molecule has 2 rings (SSSR count). The number of nitrogens with zero attached hydrogens (tertiary/aromatic N) is 3. The summed E-state index contributed by atoms with van der Waals surface area (Å²) in [7, 11) is -4.08. The molecule has 0 atom stereocenters. The highest BCUT2D eigenvalue weighted by Gasteiger charge is 2.25. The van der Waals surface area contributed by atoms with Gasteiger partial charge in [-0.05, 0) is 6.07 Å². The SMILES string of the molecule is O=[N+]([O-])c1ccccc1S(=O)(=O)Nc1ncn[nH]1. The first-order chi connectivity index (χ1) is 8.50. The van der Waals surface area contributed by atoms with Gasteiger partial charge in [-0.1, -0.05) is 12.1 Å². The van der Waals surface area contributed by atoms with E-state index in [4.69, 9.17) is 0 Å². The Hall–Kier alpha value is -2.49. The molecule has 0 bridgehead atoms. The van der Waals surface area contributed by atoms with Crippen molar-refractivity contribution in [3.63, 3.8) is 0 Å². The number of rotatable bonds is 4. The van der Waals surface area contributed by atoms with Crippen LogP contribution < -0.4 is 4.72 Å². The maximum atomic E-state index is 11.9. The van der Waals surface area contributed by atoms with E-state index in [0.717, 1.165) is 18.5 Å². The van der Waals surface area contributed by atoms with Gasteiger partial charge in [0, 0.05) is 6.07 Å². The van der Waals surface area contributed by atoms with Gasteiger partial charge in [-0.3, -0.25) is 10.1 Å². The lowest BCUT2D eigenvalue weighted by atomic mass is 10.3. The van der Waals surface area contributed by atoms with Gasteiger partial charge in [-0.25, -0.2) is 18.2 Å². The molecule has 10 heteroatoms. The summed E-state index contributed by atoms with van der Waals surface area (Å²) in [6.07, 6.45) is 1.11. The topological polar surface area (TPSA) is 131 Å². The first kappa shape index (κ1) is 12.0. The number of nitro groups is 1. The Labute approximate surface area is 101 Å². The molecule has 2 N–H and O–H groups in total. The minimum atomic E-state index is -4.08. The van der Waals surface area contributed by atoms with Crippen LogP contribution in [0.1, 0.15) is 0 Å². The number of hydrogen-bond donors (Lipinski definition) is 2. The van der Waals surface area contributed by atoms with E-state index in [9.17, 15) is 18.5 Å². The molecule has 94 valence electrons. The van der Waals surface area contributed by atoms with Crippen LogP contribution in [0.15, 0.2) is 35.5 Å². The van der Waals surface area contributed by atoms with Crippen LogP contribution in [0.4, 0.5) is 11.6 Å². The highest BCUT2D eigenvalue weighted by Crippen LogP contribution is 2.24. The molecule has 0 aliphatic rings. The molecule has 1 aromatic carbocycles. The van der Waals surface area contributed by atoms with Gasteiger partial charge < -0.3 is 0 Å². The van der Waals surface area contributed by atoms with Crippen LogP contribution in [0.3, 0.4) is 0 Å². The molecular weight excluding hydrogens is 262 g/mol. The Balaban J connectivity index is 2.45. The smallest absolute Gasteiger partial charge is 0.258 e. The van der Waals surface area contributed by atoms with Gasteiger partial charge in [0.1, 0.15) is 6.33 Å². The van der Waals surface area contributed by atoms with E-state index >= 15 is 0 Å². The Morgan fingerprint density at radius 1 is 1.33 bits per heavy atom. The van der Waals surface area contributed by atoms with Crippen LogP contribution in [0.25, 0.3) is 0 Å². The maximum absolute atomic E-state index is 11.9. The highest BCUT2D eigenvalue weighted by molar-refractivity contribution is 7.92. The number of sulfonamides is 1.